The molecule has 0 fully saturated rings. The summed E-state index contributed by atoms with van der Waals surface area (Å²) < 4.78 is 22.2. The molecular weight excluding hydrogens is 543 g/mol. The van der Waals surface area contributed by atoms with Crippen molar-refractivity contribution >= 4 is 25.3 Å². The van der Waals surface area contributed by atoms with Crippen LogP contribution in [0, 0.1) is 0 Å². The van der Waals surface area contributed by atoms with Gasteiger partial charge in [-0.3, -0.25) is 4.57 Å². The number of aliphatic carboxylic acids is 1. The summed E-state index contributed by atoms with van der Waals surface area (Å²) in [4.78, 5) is 23.5. The summed E-state index contributed by atoms with van der Waals surface area (Å²) in [6.07, 6.45) is 18.2. The van der Waals surface area contributed by atoms with E-state index in [2.05, 4.69) is 26.0 Å². The van der Waals surface area contributed by atoms with Crippen molar-refractivity contribution in [3.8, 4) is 0 Å². The fourth-order valence-electron chi connectivity index (χ4n) is 4.91. The Hall–Kier alpha value is -0.850. The third kappa shape index (κ3) is 14.4. The molecule has 0 saturated heterocycles. The number of carboxylic acid groups (broad SMARTS) is 1. The fourth-order valence-corrected chi connectivity index (χ4v) is 8.06. The molecule has 6 nitrogen and oxygen atoms in total. The van der Waals surface area contributed by atoms with Gasteiger partial charge in [0.05, 0.1) is 6.61 Å². The molecule has 1 aromatic rings. The normalized spacial score (nSPS) is 15.4. The lowest BCUT2D eigenvalue weighted by molar-refractivity contribution is -0.148. The molecule has 1 aromatic carbocycles. The van der Waals surface area contributed by atoms with Crippen molar-refractivity contribution < 1.29 is 28.6 Å². The molecule has 3 atom stereocenters. The van der Waals surface area contributed by atoms with Crippen molar-refractivity contribution in [2.75, 3.05) is 19.0 Å². The van der Waals surface area contributed by atoms with Gasteiger partial charge in [0, 0.05) is 6.61 Å². The number of benzene rings is 1. The van der Waals surface area contributed by atoms with Crippen LogP contribution in [0.4, 0.5) is 0 Å². The second kappa shape index (κ2) is 22.7. The van der Waals surface area contributed by atoms with Crippen LogP contribution in [0.5, 0.6) is 0 Å². The van der Waals surface area contributed by atoms with Crippen LogP contribution in [-0.4, -0.2) is 39.6 Å². The minimum absolute atomic E-state index is 0.00909. The Kier molecular flexibility index (Phi) is 21.1. The molecule has 2 N–H and O–H groups in total. The van der Waals surface area contributed by atoms with E-state index in [4.69, 9.17) is 9.26 Å². The van der Waals surface area contributed by atoms with Crippen LogP contribution < -0.4 is 0 Å². The molecule has 232 valence electrons. The molecule has 0 aliphatic carbocycles. The second-order valence-corrected chi connectivity index (χ2v) is 14.4. The van der Waals surface area contributed by atoms with E-state index in [0.717, 1.165) is 43.9 Å². The average molecular weight is 601 g/mol. The molecule has 0 aromatic heterocycles. The maximum atomic E-state index is 13.4. The second-order valence-electron chi connectivity index (χ2n) is 10.9. The molecule has 0 bridgehead atoms. The number of hydrogen-bond acceptors (Lipinski definition) is 5. The summed E-state index contributed by atoms with van der Waals surface area (Å²) in [5, 5.41) is 10.3. The lowest BCUT2D eigenvalue weighted by Gasteiger charge is -2.32. The largest absolute Gasteiger partial charge is 0.478 e. The van der Waals surface area contributed by atoms with Crippen LogP contribution in [0.3, 0.4) is 0 Å². The molecule has 0 amide bonds. The van der Waals surface area contributed by atoms with Crippen molar-refractivity contribution in [3.63, 3.8) is 0 Å². The number of thioether (sulfide) groups is 1. The van der Waals surface area contributed by atoms with Gasteiger partial charge in [0.1, 0.15) is 0 Å². The van der Waals surface area contributed by atoms with Crippen molar-refractivity contribution in [2.45, 2.75) is 141 Å². The third-order valence-corrected chi connectivity index (χ3v) is 11.1. The first-order valence-electron chi connectivity index (χ1n) is 15.9. The van der Waals surface area contributed by atoms with Crippen LogP contribution in [-0.2, 0) is 18.6 Å². The highest BCUT2D eigenvalue weighted by Gasteiger charge is 2.58. The minimum Gasteiger partial charge on any atom is -0.478 e. The predicted molar refractivity (Wildman–Crippen MR) is 169 cm³/mol. The molecule has 0 spiro atoms. The van der Waals surface area contributed by atoms with E-state index in [0.29, 0.717) is 25.0 Å². The summed E-state index contributed by atoms with van der Waals surface area (Å²) in [6.45, 7) is 6.37. The smallest absolute Gasteiger partial charge is 0.382 e. The highest BCUT2D eigenvalue weighted by atomic mass is 32.2. The first-order valence-corrected chi connectivity index (χ1v) is 18.4. The van der Waals surface area contributed by atoms with Gasteiger partial charge in [0.25, 0.3) is 0 Å². The number of hydrogen-bond donors (Lipinski definition) is 2. The quantitative estimate of drug-likeness (QED) is 0.0589. The zero-order valence-electron chi connectivity index (χ0n) is 25.5. The van der Waals surface area contributed by atoms with E-state index in [1.807, 2.05) is 25.1 Å². The van der Waals surface area contributed by atoms with Gasteiger partial charge in [-0.2, -0.15) is 0 Å². The number of ether oxygens (including phenoxy) is 1. The van der Waals surface area contributed by atoms with Crippen molar-refractivity contribution in [1.29, 1.82) is 0 Å². The average Bonchev–Trinajstić information content (AvgIpc) is 2.95. The van der Waals surface area contributed by atoms with Crippen LogP contribution >= 0.6 is 19.4 Å². The van der Waals surface area contributed by atoms with Gasteiger partial charge in [-0.25, -0.2) is 4.79 Å². The van der Waals surface area contributed by atoms with Gasteiger partial charge >= 0.3 is 18.2 Å². The van der Waals surface area contributed by atoms with Crippen LogP contribution in [0.1, 0.15) is 141 Å². The van der Waals surface area contributed by atoms with E-state index in [-0.39, 0.29) is 19.1 Å². The standard InChI is InChI=1S/C32H57O6PS/c1-4-7-9-11-13-14-16-21-27-37-32(31(33)34,39(35,36)38-26-6-3)40-28-25-30(29-22-19-17-20-23-29)24-18-15-12-10-8-5-2/h17,19-20,22-23,30H,4-16,18,21,24-28H2,1-3H3,(H,33,34)(H,35,36). The molecule has 40 heavy (non-hydrogen) atoms. The van der Waals surface area contributed by atoms with Crippen molar-refractivity contribution in [2.24, 2.45) is 0 Å². The highest BCUT2D eigenvalue weighted by molar-refractivity contribution is 8.07. The number of unbranched alkanes of at least 4 members (excludes halogenated alkanes) is 12. The lowest BCUT2D eigenvalue weighted by atomic mass is 9.91. The summed E-state index contributed by atoms with van der Waals surface area (Å²) in [7, 11) is -4.61. The van der Waals surface area contributed by atoms with Crippen LogP contribution in [0.25, 0.3) is 0 Å². The number of carboxylic acids is 1. The Morgan fingerprint density at radius 3 is 1.90 bits per heavy atom. The Morgan fingerprint density at radius 2 is 1.35 bits per heavy atom. The van der Waals surface area contributed by atoms with Gasteiger partial charge in [-0.15, -0.1) is 11.8 Å². The summed E-state index contributed by atoms with van der Waals surface area (Å²) in [5.74, 6) is -0.793. The first kappa shape index (κ1) is 37.2. The third-order valence-electron chi connectivity index (χ3n) is 7.35. The van der Waals surface area contributed by atoms with E-state index in [1.165, 1.54) is 63.4 Å². The van der Waals surface area contributed by atoms with Gasteiger partial charge < -0.3 is 19.3 Å². The van der Waals surface area contributed by atoms with Gasteiger partial charge in [-0.05, 0) is 42.9 Å². The van der Waals surface area contributed by atoms with E-state index >= 15 is 0 Å². The zero-order valence-corrected chi connectivity index (χ0v) is 27.2. The van der Waals surface area contributed by atoms with Crippen molar-refractivity contribution in [3.05, 3.63) is 35.9 Å². The number of rotatable bonds is 27. The molecule has 0 aliphatic rings. The molecule has 0 saturated carbocycles. The predicted octanol–water partition coefficient (Wildman–Crippen LogP) is 10.2. The Balaban J connectivity index is 2.84. The monoisotopic (exact) mass is 600 g/mol. The molecule has 3 unspecified atom stereocenters. The summed E-state index contributed by atoms with van der Waals surface area (Å²) >= 11 is 0.925. The SMILES string of the molecule is CCCCCCCCCCOC(SCCC(CCCCCCCC)c1ccccc1)(C(=O)O)P(=O)(O)OCCC. The Morgan fingerprint density at radius 1 is 0.800 bits per heavy atom. The summed E-state index contributed by atoms with van der Waals surface area (Å²) in [5.41, 5.74) is 1.23. The molecule has 8 heteroatoms. The van der Waals surface area contributed by atoms with E-state index in [9.17, 15) is 19.4 Å². The zero-order chi connectivity index (χ0) is 29.5. The van der Waals surface area contributed by atoms with Gasteiger partial charge in [0.15, 0.2) is 0 Å². The maximum Gasteiger partial charge on any atom is 0.382 e. The summed E-state index contributed by atoms with van der Waals surface area (Å²) in [6, 6.07) is 10.3. The van der Waals surface area contributed by atoms with Crippen LogP contribution in [0.2, 0.25) is 0 Å². The van der Waals surface area contributed by atoms with E-state index in [1.54, 1.807) is 0 Å². The fraction of sp³-hybridized carbons (Fsp3) is 0.781. The topological polar surface area (TPSA) is 93.1 Å². The lowest BCUT2D eigenvalue weighted by Crippen LogP contribution is -2.39. The highest BCUT2D eigenvalue weighted by Crippen LogP contribution is 2.62. The first-order chi connectivity index (χ1) is 19.3. The van der Waals surface area contributed by atoms with Gasteiger partial charge in [-0.1, -0.05) is 135 Å². The molecular formula is C32H57O6PS. The molecule has 1 rings (SSSR count). The Labute approximate surface area is 248 Å². The van der Waals surface area contributed by atoms with Gasteiger partial charge in [0.2, 0.25) is 0 Å². The molecule has 0 heterocycles. The minimum atomic E-state index is -4.61. The van der Waals surface area contributed by atoms with Crippen molar-refractivity contribution in [1.82, 2.24) is 0 Å². The van der Waals surface area contributed by atoms with Crippen LogP contribution in [0.15, 0.2) is 30.3 Å². The molecule has 0 radical (unpaired) electrons. The molecule has 0 aliphatic heterocycles. The van der Waals surface area contributed by atoms with E-state index < -0.39 is 18.2 Å². The maximum absolute atomic E-state index is 13.4. The Bertz CT molecular complexity index is 808. The number of carbonyl (C=O) groups is 1.